The largest absolute Gasteiger partial charge is 0.481 e. The minimum absolute atomic E-state index is 0.0448. The zero-order valence-electron chi connectivity index (χ0n) is 9.94. The molecule has 88 valence electrons. The summed E-state index contributed by atoms with van der Waals surface area (Å²) >= 11 is 0. The van der Waals surface area contributed by atoms with Crippen LogP contribution in [0.5, 0.6) is 5.88 Å². The molecule has 3 rings (SSSR count). The molecule has 0 amide bonds. The summed E-state index contributed by atoms with van der Waals surface area (Å²) in [5.41, 5.74) is 7.46. The van der Waals surface area contributed by atoms with E-state index in [4.69, 9.17) is 10.5 Å². The number of nitrogens with zero attached hydrogens (tertiary/aromatic N) is 1. The van der Waals surface area contributed by atoms with E-state index < -0.39 is 0 Å². The number of pyridine rings is 1. The fraction of sp³-hybridized carbons (Fsp3) is 0.357. The molecule has 1 aromatic heterocycles. The Bertz CT molecular complexity index is 561. The second-order valence-electron chi connectivity index (χ2n) is 4.91. The Hall–Kier alpha value is -1.61. The molecule has 17 heavy (non-hydrogen) atoms. The third-order valence-corrected chi connectivity index (χ3v) is 3.44. The highest BCUT2D eigenvalue weighted by atomic mass is 16.5. The van der Waals surface area contributed by atoms with Crippen molar-refractivity contribution in [1.29, 1.82) is 0 Å². The molecular weight excluding hydrogens is 212 g/mol. The van der Waals surface area contributed by atoms with Gasteiger partial charge in [0, 0.05) is 17.1 Å². The van der Waals surface area contributed by atoms with Gasteiger partial charge >= 0.3 is 0 Å². The first-order valence-electron chi connectivity index (χ1n) is 5.91. The third-order valence-electron chi connectivity index (χ3n) is 3.44. The van der Waals surface area contributed by atoms with Crippen molar-refractivity contribution in [2.24, 2.45) is 5.73 Å². The van der Waals surface area contributed by atoms with E-state index in [0.717, 1.165) is 30.0 Å². The average molecular weight is 228 g/mol. The lowest BCUT2D eigenvalue weighted by atomic mass is 10.0. The van der Waals surface area contributed by atoms with E-state index in [1.54, 1.807) is 13.3 Å². The molecular formula is C14H16N2O. The van der Waals surface area contributed by atoms with Crippen LogP contribution in [0.25, 0.3) is 10.8 Å². The van der Waals surface area contributed by atoms with Crippen LogP contribution < -0.4 is 10.5 Å². The van der Waals surface area contributed by atoms with Crippen LogP contribution in [0.15, 0.2) is 30.5 Å². The number of nitrogens with two attached hydrogens (primary N) is 1. The molecule has 1 saturated carbocycles. The molecule has 2 N–H and O–H groups in total. The molecule has 1 aliphatic carbocycles. The first-order chi connectivity index (χ1) is 8.20. The Morgan fingerprint density at radius 3 is 2.88 bits per heavy atom. The lowest BCUT2D eigenvalue weighted by Crippen LogP contribution is -2.24. The molecule has 3 nitrogen and oxygen atoms in total. The molecule has 0 bridgehead atoms. The van der Waals surface area contributed by atoms with Crippen molar-refractivity contribution in [2.45, 2.75) is 24.8 Å². The van der Waals surface area contributed by atoms with E-state index in [0.29, 0.717) is 5.88 Å². The molecule has 0 radical (unpaired) electrons. The third kappa shape index (κ3) is 1.98. The fourth-order valence-corrected chi connectivity index (χ4v) is 2.21. The monoisotopic (exact) mass is 228 g/mol. The summed E-state index contributed by atoms with van der Waals surface area (Å²) in [6, 6.07) is 8.40. The smallest absolute Gasteiger partial charge is 0.221 e. The number of hydrogen-bond acceptors (Lipinski definition) is 3. The Labute approximate surface area is 101 Å². The summed E-state index contributed by atoms with van der Waals surface area (Å²) in [6.07, 6.45) is 4.98. The van der Waals surface area contributed by atoms with E-state index in [9.17, 15) is 0 Å². The van der Waals surface area contributed by atoms with E-state index in [1.807, 2.05) is 6.07 Å². The summed E-state index contributed by atoms with van der Waals surface area (Å²) in [4.78, 5) is 4.23. The maximum absolute atomic E-state index is 6.15. The van der Waals surface area contributed by atoms with Crippen LogP contribution >= 0.6 is 0 Å². The molecule has 2 aromatic rings. The van der Waals surface area contributed by atoms with E-state index in [-0.39, 0.29) is 5.54 Å². The zero-order chi connectivity index (χ0) is 11.9. The van der Waals surface area contributed by atoms with Gasteiger partial charge in [-0.2, -0.15) is 0 Å². The molecule has 0 spiro atoms. The number of hydrogen-bond donors (Lipinski definition) is 1. The highest BCUT2D eigenvalue weighted by Crippen LogP contribution is 2.36. The van der Waals surface area contributed by atoms with Gasteiger partial charge in [0.05, 0.1) is 7.11 Å². The summed E-state index contributed by atoms with van der Waals surface area (Å²) < 4.78 is 5.29. The number of benzene rings is 1. The highest BCUT2D eigenvalue weighted by Gasteiger charge is 2.37. The summed E-state index contributed by atoms with van der Waals surface area (Å²) in [5, 5.41) is 2.22. The Morgan fingerprint density at radius 2 is 2.18 bits per heavy atom. The van der Waals surface area contributed by atoms with Crippen LogP contribution in [0.4, 0.5) is 0 Å². The Kier molecular flexibility index (Phi) is 2.30. The van der Waals surface area contributed by atoms with Gasteiger partial charge < -0.3 is 10.5 Å². The van der Waals surface area contributed by atoms with Crippen molar-refractivity contribution in [1.82, 2.24) is 4.98 Å². The number of fused-ring (bicyclic) bond motifs is 1. The minimum Gasteiger partial charge on any atom is -0.481 e. The van der Waals surface area contributed by atoms with Crippen molar-refractivity contribution in [3.8, 4) is 5.88 Å². The Balaban J connectivity index is 2.04. The number of rotatable bonds is 3. The molecule has 1 heterocycles. The molecule has 1 aliphatic rings. The van der Waals surface area contributed by atoms with Crippen molar-refractivity contribution in [2.75, 3.05) is 7.11 Å². The quantitative estimate of drug-likeness (QED) is 0.876. The standard InChI is InChI=1S/C14H16N2O/c1-17-13-12-8-10(9-14(15)5-6-14)2-3-11(12)4-7-16-13/h2-4,7-8H,5-6,9,15H2,1H3. The predicted octanol–water partition coefficient (Wildman–Crippen LogP) is 2.28. The first kappa shape index (κ1) is 10.5. The number of ether oxygens (including phenoxy) is 1. The second-order valence-corrected chi connectivity index (χ2v) is 4.91. The van der Waals surface area contributed by atoms with Crippen LogP contribution in [-0.4, -0.2) is 17.6 Å². The second kappa shape index (κ2) is 3.70. The lowest BCUT2D eigenvalue weighted by Gasteiger charge is -2.10. The lowest BCUT2D eigenvalue weighted by molar-refractivity contribution is 0.403. The molecule has 1 fully saturated rings. The van der Waals surface area contributed by atoms with Crippen molar-refractivity contribution in [3.63, 3.8) is 0 Å². The molecule has 0 saturated heterocycles. The van der Waals surface area contributed by atoms with E-state index >= 15 is 0 Å². The first-order valence-corrected chi connectivity index (χ1v) is 5.91. The zero-order valence-corrected chi connectivity index (χ0v) is 9.94. The van der Waals surface area contributed by atoms with Gasteiger partial charge in [-0.3, -0.25) is 0 Å². The van der Waals surface area contributed by atoms with Gasteiger partial charge in [-0.25, -0.2) is 4.98 Å². The fourth-order valence-electron chi connectivity index (χ4n) is 2.21. The summed E-state index contributed by atoms with van der Waals surface area (Å²) in [5.74, 6) is 0.686. The topological polar surface area (TPSA) is 48.1 Å². The van der Waals surface area contributed by atoms with Gasteiger partial charge in [0.25, 0.3) is 0 Å². The van der Waals surface area contributed by atoms with Crippen LogP contribution in [-0.2, 0) is 6.42 Å². The van der Waals surface area contributed by atoms with Crippen LogP contribution in [0.2, 0.25) is 0 Å². The molecule has 1 aromatic carbocycles. The summed E-state index contributed by atoms with van der Waals surface area (Å²) in [6.45, 7) is 0. The maximum atomic E-state index is 6.15. The van der Waals surface area contributed by atoms with E-state index in [2.05, 4.69) is 23.2 Å². The van der Waals surface area contributed by atoms with Gasteiger partial charge in [-0.15, -0.1) is 0 Å². The van der Waals surface area contributed by atoms with E-state index in [1.165, 1.54) is 5.56 Å². The van der Waals surface area contributed by atoms with Gasteiger partial charge in [0.15, 0.2) is 0 Å². The SMILES string of the molecule is COc1nccc2ccc(CC3(N)CC3)cc12. The minimum atomic E-state index is 0.0448. The Morgan fingerprint density at radius 1 is 1.35 bits per heavy atom. The van der Waals surface area contributed by atoms with Crippen LogP contribution in [0.3, 0.4) is 0 Å². The number of aromatic nitrogens is 1. The van der Waals surface area contributed by atoms with Crippen molar-refractivity contribution >= 4 is 10.8 Å². The molecule has 0 aliphatic heterocycles. The van der Waals surface area contributed by atoms with Gasteiger partial charge in [-0.05, 0) is 42.3 Å². The molecule has 3 heteroatoms. The maximum Gasteiger partial charge on any atom is 0.221 e. The normalized spacial score (nSPS) is 17.1. The molecule has 0 unspecified atom stereocenters. The van der Waals surface area contributed by atoms with Crippen LogP contribution in [0.1, 0.15) is 18.4 Å². The van der Waals surface area contributed by atoms with Crippen molar-refractivity contribution < 1.29 is 4.74 Å². The average Bonchev–Trinajstić information content (AvgIpc) is 3.06. The van der Waals surface area contributed by atoms with Gasteiger partial charge in [-0.1, -0.05) is 12.1 Å². The summed E-state index contributed by atoms with van der Waals surface area (Å²) in [7, 11) is 1.65. The van der Waals surface area contributed by atoms with Crippen molar-refractivity contribution in [3.05, 3.63) is 36.0 Å². The molecule has 0 atom stereocenters. The predicted molar refractivity (Wildman–Crippen MR) is 68.2 cm³/mol. The van der Waals surface area contributed by atoms with Gasteiger partial charge in [0.2, 0.25) is 5.88 Å². The number of methoxy groups -OCH3 is 1. The van der Waals surface area contributed by atoms with Crippen LogP contribution in [0, 0.1) is 0 Å². The van der Waals surface area contributed by atoms with Gasteiger partial charge in [0.1, 0.15) is 0 Å². The highest BCUT2D eigenvalue weighted by molar-refractivity contribution is 5.87.